The van der Waals surface area contributed by atoms with Crippen molar-refractivity contribution >= 4 is 11.8 Å². The molecule has 0 saturated heterocycles. The summed E-state index contributed by atoms with van der Waals surface area (Å²) < 4.78 is 0. The Labute approximate surface area is 97.9 Å². The first-order chi connectivity index (χ1) is 7.84. The second kappa shape index (κ2) is 4.94. The van der Waals surface area contributed by atoms with Crippen molar-refractivity contribution in [1.82, 2.24) is 0 Å². The Kier molecular flexibility index (Phi) is 3.82. The van der Waals surface area contributed by atoms with E-state index in [2.05, 4.69) is 0 Å². The number of hydrogen-bond donors (Lipinski definition) is 4. The van der Waals surface area contributed by atoms with Gasteiger partial charge in [0.1, 0.15) is 6.04 Å². The molecule has 0 fully saturated rings. The van der Waals surface area contributed by atoms with Crippen molar-refractivity contribution in [3.05, 3.63) is 35.1 Å². The van der Waals surface area contributed by atoms with E-state index in [1.807, 2.05) is 0 Å². The van der Waals surface area contributed by atoms with Gasteiger partial charge in [0.05, 0.1) is 6.10 Å². The van der Waals surface area contributed by atoms with Crippen LogP contribution in [0.5, 0.6) is 0 Å². The summed E-state index contributed by atoms with van der Waals surface area (Å²) in [6.07, 6.45) is 4.27. The molecule has 0 radical (unpaired) electrons. The van der Waals surface area contributed by atoms with Gasteiger partial charge in [0.2, 0.25) is 0 Å². The van der Waals surface area contributed by atoms with Crippen LogP contribution in [-0.2, 0) is 9.59 Å². The molecule has 0 saturated carbocycles. The molecule has 0 aromatic heterocycles. The van der Waals surface area contributed by atoms with Gasteiger partial charge in [0.25, 0.3) is 0 Å². The zero-order valence-electron chi connectivity index (χ0n) is 9.25. The van der Waals surface area contributed by atoms with E-state index in [0.717, 1.165) is 5.57 Å². The number of aliphatic carboxylic acids is 1. The molecule has 6 nitrogen and oxygen atoms in total. The summed E-state index contributed by atoms with van der Waals surface area (Å²) in [6, 6.07) is -1.16. The van der Waals surface area contributed by atoms with Crippen molar-refractivity contribution in [2.24, 2.45) is 11.5 Å². The monoisotopic (exact) mass is 238 g/mol. The number of nitrogens with two attached hydrogens (primary N) is 2. The molecular weight excluding hydrogens is 224 g/mol. The van der Waals surface area contributed by atoms with Crippen molar-refractivity contribution in [1.29, 1.82) is 0 Å². The van der Waals surface area contributed by atoms with Crippen LogP contribution >= 0.6 is 0 Å². The van der Waals surface area contributed by atoms with E-state index in [0.29, 0.717) is 11.3 Å². The Morgan fingerprint density at radius 3 is 2.12 bits per heavy atom. The van der Waals surface area contributed by atoms with Gasteiger partial charge in [-0.05, 0) is 19.1 Å². The molecule has 6 N–H and O–H groups in total. The van der Waals surface area contributed by atoms with Gasteiger partial charge in [-0.1, -0.05) is 6.08 Å². The topological polar surface area (TPSA) is 127 Å². The lowest BCUT2D eigenvalue weighted by molar-refractivity contribution is -0.140. The van der Waals surface area contributed by atoms with E-state index in [1.54, 1.807) is 18.2 Å². The van der Waals surface area contributed by atoms with Gasteiger partial charge in [0.15, 0.2) is 5.78 Å². The maximum absolute atomic E-state index is 10.9. The van der Waals surface area contributed by atoms with Crippen molar-refractivity contribution in [2.45, 2.75) is 19.1 Å². The van der Waals surface area contributed by atoms with Gasteiger partial charge < -0.3 is 21.7 Å². The number of fused-ring (bicyclic) bond motifs is 2. The number of carbonyl (C=O) groups excluding carboxylic acids is 1. The number of carbonyl (C=O) groups is 2. The quantitative estimate of drug-likeness (QED) is 0.491. The Bertz CT molecular complexity index is 446. The highest BCUT2D eigenvalue weighted by Crippen LogP contribution is 2.26. The van der Waals surface area contributed by atoms with Crippen LogP contribution < -0.4 is 11.5 Å². The third-order valence-electron chi connectivity index (χ3n) is 2.36. The summed E-state index contributed by atoms with van der Waals surface area (Å²) in [5.74, 6) is -1.10. The standard InChI is InChI=1S/C7H5NO.C4H9NO3/c8-6-3-4-1-2-5(6)7(4)9;1-2(6)3(5)4(7)8/h1-3H,8H2;2-3,6H,5H2,1H3,(H,7,8). The lowest BCUT2D eigenvalue weighted by Gasteiger charge is -2.06. The van der Waals surface area contributed by atoms with E-state index >= 15 is 0 Å². The number of ketones is 1. The van der Waals surface area contributed by atoms with E-state index < -0.39 is 18.1 Å². The molecule has 2 atom stereocenters. The number of carboxylic acid groups (broad SMARTS) is 1. The maximum atomic E-state index is 10.9. The summed E-state index contributed by atoms with van der Waals surface area (Å²) in [5, 5.41) is 16.6. The Balaban J connectivity index is 0.000000172. The van der Waals surface area contributed by atoms with Crippen LogP contribution in [0.1, 0.15) is 6.92 Å². The molecule has 2 unspecified atom stereocenters. The lowest BCUT2D eigenvalue weighted by atomic mass is 10.2. The maximum Gasteiger partial charge on any atom is 0.323 e. The molecule has 2 bridgehead atoms. The van der Waals surface area contributed by atoms with Crippen LogP contribution in [0.3, 0.4) is 0 Å². The Morgan fingerprint density at radius 1 is 1.41 bits per heavy atom. The zero-order valence-corrected chi connectivity index (χ0v) is 9.25. The molecular formula is C11H14N2O4. The number of hydrogen-bond acceptors (Lipinski definition) is 5. The average Bonchev–Trinajstić information content (AvgIpc) is 2.72. The summed E-state index contributed by atoms with van der Waals surface area (Å²) >= 11 is 0. The van der Waals surface area contributed by atoms with Crippen molar-refractivity contribution in [3.8, 4) is 0 Å². The van der Waals surface area contributed by atoms with Crippen LogP contribution in [-0.4, -0.2) is 34.1 Å². The second-order valence-electron chi connectivity index (χ2n) is 3.74. The van der Waals surface area contributed by atoms with E-state index in [9.17, 15) is 9.59 Å². The van der Waals surface area contributed by atoms with Gasteiger partial charge in [-0.3, -0.25) is 9.59 Å². The molecule has 92 valence electrons. The molecule has 17 heavy (non-hydrogen) atoms. The Hall–Kier alpha value is -1.92. The highest BCUT2D eigenvalue weighted by molar-refractivity contribution is 6.18. The molecule has 2 aliphatic carbocycles. The van der Waals surface area contributed by atoms with Crippen LogP contribution in [0.4, 0.5) is 0 Å². The van der Waals surface area contributed by atoms with Crippen molar-refractivity contribution in [3.63, 3.8) is 0 Å². The fraction of sp³-hybridized carbons (Fsp3) is 0.273. The molecule has 0 amide bonds. The Morgan fingerprint density at radius 2 is 2.00 bits per heavy atom. The largest absolute Gasteiger partial charge is 0.480 e. The molecule has 0 spiro atoms. The molecule has 0 aliphatic heterocycles. The number of rotatable bonds is 2. The predicted octanol–water partition coefficient (Wildman–Crippen LogP) is -0.943. The highest BCUT2D eigenvalue weighted by Gasteiger charge is 2.24. The SMILES string of the molecule is CC(O)C(N)C(=O)O.NC1=C2C=CC(=C1)C2=O. The van der Waals surface area contributed by atoms with Crippen molar-refractivity contribution in [2.75, 3.05) is 0 Å². The first-order valence-corrected chi connectivity index (χ1v) is 4.95. The van der Waals surface area contributed by atoms with E-state index in [1.165, 1.54) is 6.92 Å². The van der Waals surface area contributed by atoms with Gasteiger partial charge in [0, 0.05) is 16.8 Å². The molecule has 0 aromatic carbocycles. The number of aliphatic hydroxyl groups is 1. The highest BCUT2D eigenvalue weighted by atomic mass is 16.4. The van der Waals surface area contributed by atoms with Crippen LogP contribution in [0.25, 0.3) is 0 Å². The van der Waals surface area contributed by atoms with E-state index in [4.69, 9.17) is 21.7 Å². The van der Waals surface area contributed by atoms with Crippen LogP contribution in [0, 0.1) is 0 Å². The van der Waals surface area contributed by atoms with Crippen LogP contribution in [0.15, 0.2) is 35.1 Å². The van der Waals surface area contributed by atoms with Gasteiger partial charge in [-0.15, -0.1) is 0 Å². The number of aliphatic hydroxyl groups excluding tert-OH is 1. The van der Waals surface area contributed by atoms with E-state index in [-0.39, 0.29) is 5.78 Å². The fourth-order valence-corrected chi connectivity index (χ4v) is 1.27. The van der Waals surface area contributed by atoms with Gasteiger partial charge >= 0.3 is 5.97 Å². The summed E-state index contributed by atoms with van der Waals surface area (Å²) in [7, 11) is 0. The zero-order chi connectivity index (χ0) is 13.2. The summed E-state index contributed by atoms with van der Waals surface area (Å²) in [6.45, 7) is 1.33. The van der Waals surface area contributed by atoms with Crippen molar-refractivity contribution < 1.29 is 19.8 Å². The predicted molar refractivity (Wildman–Crippen MR) is 60.7 cm³/mol. The molecule has 2 aliphatic rings. The van der Waals surface area contributed by atoms with Gasteiger partial charge in [-0.25, -0.2) is 0 Å². The molecule has 0 aromatic rings. The normalized spacial score (nSPS) is 19.7. The third-order valence-corrected chi connectivity index (χ3v) is 2.36. The van der Waals surface area contributed by atoms with Crippen LogP contribution in [0.2, 0.25) is 0 Å². The third kappa shape index (κ3) is 2.80. The summed E-state index contributed by atoms with van der Waals surface area (Å²) in [4.78, 5) is 20.8. The number of allylic oxidation sites excluding steroid dienone is 5. The number of Topliss-reactive ketones (excluding diaryl/α,β-unsaturated/α-hetero) is 1. The second-order valence-corrected chi connectivity index (χ2v) is 3.74. The summed E-state index contributed by atoms with van der Waals surface area (Å²) in [5.41, 5.74) is 12.3. The average molecular weight is 238 g/mol. The molecule has 2 rings (SSSR count). The minimum Gasteiger partial charge on any atom is -0.480 e. The molecule has 6 heteroatoms. The fourth-order valence-electron chi connectivity index (χ4n) is 1.27. The van der Waals surface area contributed by atoms with Gasteiger partial charge in [-0.2, -0.15) is 0 Å². The first-order valence-electron chi connectivity index (χ1n) is 4.95. The lowest BCUT2D eigenvalue weighted by Crippen LogP contribution is -2.39. The number of carboxylic acids is 1. The smallest absolute Gasteiger partial charge is 0.323 e. The minimum atomic E-state index is -1.18. The minimum absolute atomic E-state index is 0.0764. The first kappa shape index (κ1) is 13.1. The molecule has 0 heterocycles.